The normalized spacial score (nSPS) is 15.1. The van der Waals surface area contributed by atoms with Gasteiger partial charge in [0.25, 0.3) is 5.91 Å². The summed E-state index contributed by atoms with van der Waals surface area (Å²) in [4.78, 5) is 39.1. The maximum Gasteiger partial charge on any atom is 0.411 e. The topological polar surface area (TPSA) is 97.3 Å². The van der Waals surface area contributed by atoms with Gasteiger partial charge < -0.3 is 9.47 Å². The van der Waals surface area contributed by atoms with Crippen LogP contribution in [0.2, 0.25) is 0 Å². The van der Waals surface area contributed by atoms with E-state index < -0.39 is 24.6 Å². The van der Waals surface area contributed by atoms with Gasteiger partial charge in [-0.2, -0.15) is 5.10 Å². The second-order valence-corrected chi connectivity index (χ2v) is 8.93. The number of amides is 2. The fourth-order valence-electron chi connectivity index (χ4n) is 3.32. The van der Waals surface area contributed by atoms with Gasteiger partial charge in [0.1, 0.15) is 0 Å². The molecule has 1 aliphatic heterocycles. The van der Waals surface area contributed by atoms with E-state index in [1.165, 1.54) is 11.1 Å². The van der Waals surface area contributed by atoms with Gasteiger partial charge in [0.2, 0.25) is 0 Å². The maximum absolute atomic E-state index is 13.0. The Morgan fingerprint density at radius 1 is 1.09 bits per heavy atom. The lowest BCUT2D eigenvalue weighted by molar-refractivity contribution is -0.136. The van der Waals surface area contributed by atoms with E-state index in [0.29, 0.717) is 12.1 Å². The highest BCUT2D eigenvalue weighted by atomic mass is 32.1. The van der Waals surface area contributed by atoms with Crippen molar-refractivity contribution in [2.45, 2.75) is 19.4 Å². The second-order valence-electron chi connectivity index (χ2n) is 7.00. The average Bonchev–Trinajstić information content (AvgIpc) is 3.58. The summed E-state index contributed by atoms with van der Waals surface area (Å²) < 4.78 is 10.1. The Labute approximate surface area is 198 Å². The third kappa shape index (κ3) is 5.47. The van der Waals surface area contributed by atoms with Gasteiger partial charge in [0.15, 0.2) is 6.61 Å². The minimum absolute atomic E-state index is 0.205. The Kier molecular flexibility index (Phi) is 7.16. The van der Waals surface area contributed by atoms with Crippen LogP contribution in [-0.4, -0.2) is 41.9 Å². The first kappa shape index (κ1) is 22.7. The molecule has 4 rings (SSSR count). The van der Waals surface area contributed by atoms with Gasteiger partial charge in [-0.3, -0.25) is 10.1 Å². The van der Waals surface area contributed by atoms with Crippen LogP contribution >= 0.6 is 22.7 Å². The molecule has 3 heterocycles. The van der Waals surface area contributed by atoms with Gasteiger partial charge in [-0.15, -0.1) is 22.7 Å². The molecule has 10 heteroatoms. The van der Waals surface area contributed by atoms with Crippen LogP contribution in [0, 0.1) is 0 Å². The smallest absolute Gasteiger partial charge is 0.411 e. The molecule has 33 heavy (non-hydrogen) atoms. The molecule has 2 aromatic heterocycles. The van der Waals surface area contributed by atoms with Crippen molar-refractivity contribution < 1.29 is 23.9 Å². The molecule has 3 aromatic rings. The first-order valence-electron chi connectivity index (χ1n) is 10.2. The van der Waals surface area contributed by atoms with Gasteiger partial charge >= 0.3 is 12.1 Å². The highest BCUT2D eigenvalue weighted by Gasteiger charge is 2.34. The molecule has 0 spiro atoms. The number of anilines is 1. The van der Waals surface area contributed by atoms with Crippen molar-refractivity contribution in [2.75, 3.05) is 18.5 Å². The van der Waals surface area contributed by atoms with E-state index in [1.807, 2.05) is 35.0 Å². The van der Waals surface area contributed by atoms with Crippen molar-refractivity contribution in [3.8, 4) is 0 Å². The lowest BCUT2D eigenvalue weighted by Gasteiger charge is -2.20. The predicted octanol–water partition coefficient (Wildman–Crippen LogP) is 4.91. The molecule has 1 atom stereocenters. The second kappa shape index (κ2) is 10.4. The van der Waals surface area contributed by atoms with E-state index in [9.17, 15) is 14.4 Å². The summed E-state index contributed by atoms with van der Waals surface area (Å²) in [5.74, 6) is -1.08. The van der Waals surface area contributed by atoms with Crippen LogP contribution in [0.5, 0.6) is 0 Å². The molecule has 1 unspecified atom stereocenters. The molecule has 1 aliphatic rings. The molecule has 2 amide bonds. The molecular weight excluding hydrogens is 462 g/mol. The summed E-state index contributed by atoms with van der Waals surface area (Å²) >= 11 is 3.12. The van der Waals surface area contributed by atoms with E-state index in [0.717, 1.165) is 15.5 Å². The van der Waals surface area contributed by atoms with Crippen LogP contribution < -0.4 is 5.32 Å². The molecule has 0 aliphatic carbocycles. The van der Waals surface area contributed by atoms with Gasteiger partial charge in [0, 0.05) is 17.0 Å². The molecule has 1 aromatic carbocycles. The van der Waals surface area contributed by atoms with Crippen LogP contribution in [0.25, 0.3) is 0 Å². The van der Waals surface area contributed by atoms with Crippen molar-refractivity contribution in [2.24, 2.45) is 5.10 Å². The summed E-state index contributed by atoms with van der Waals surface area (Å²) in [7, 11) is 0. The third-order valence-corrected chi connectivity index (χ3v) is 6.68. The Hall–Kier alpha value is -3.50. The van der Waals surface area contributed by atoms with Gasteiger partial charge in [0.05, 0.1) is 28.8 Å². The van der Waals surface area contributed by atoms with E-state index >= 15 is 0 Å². The number of hydrazone groups is 1. The Balaban J connectivity index is 1.42. The van der Waals surface area contributed by atoms with Crippen molar-refractivity contribution in [3.05, 3.63) is 74.6 Å². The van der Waals surface area contributed by atoms with Gasteiger partial charge in [-0.25, -0.2) is 14.6 Å². The fourth-order valence-corrected chi connectivity index (χ4v) is 4.85. The van der Waals surface area contributed by atoms with Crippen molar-refractivity contribution >= 4 is 52.0 Å². The van der Waals surface area contributed by atoms with Crippen LogP contribution in [-0.2, 0) is 14.3 Å². The van der Waals surface area contributed by atoms with Crippen LogP contribution in [0.4, 0.5) is 10.5 Å². The zero-order chi connectivity index (χ0) is 23.2. The Bertz CT molecular complexity index is 1160. The molecule has 0 bridgehead atoms. The molecule has 8 nitrogen and oxygen atoms in total. The zero-order valence-corrected chi connectivity index (χ0v) is 19.4. The molecule has 0 fully saturated rings. The molecule has 0 radical (unpaired) electrons. The monoisotopic (exact) mass is 483 g/mol. The number of hydrogen-bond acceptors (Lipinski definition) is 8. The lowest BCUT2D eigenvalue weighted by atomic mass is 10.1. The molecule has 1 N–H and O–H groups in total. The zero-order valence-electron chi connectivity index (χ0n) is 17.7. The van der Waals surface area contributed by atoms with Crippen LogP contribution in [0.15, 0.2) is 64.4 Å². The summed E-state index contributed by atoms with van der Waals surface area (Å²) in [6.07, 6.45) is -0.0197. The summed E-state index contributed by atoms with van der Waals surface area (Å²) in [5.41, 5.74) is 1.42. The number of thiophene rings is 2. The molecule has 0 saturated carbocycles. The highest BCUT2D eigenvalue weighted by molar-refractivity contribution is 7.12. The van der Waals surface area contributed by atoms with Gasteiger partial charge in [-0.1, -0.05) is 18.2 Å². The summed E-state index contributed by atoms with van der Waals surface area (Å²) in [6, 6.07) is 13.8. The van der Waals surface area contributed by atoms with E-state index in [-0.39, 0.29) is 18.2 Å². The quantitative estimate of drug-likeness (QED) is 0.482. The van der Waals surface area contributed by atoms with E-state index in [2.05, 4.69) is 10.4 Å². The number of ether oxygens (including phenoxy) is 2. The Morgan fingerprint density at radius 2 is 1.91 bits per heavy atom. The lowest BCUT2D eigenvalue weighted by Crippen LogP contribution is -2.31. The number of rotatable bonds is 7. The maximum atomic E-state index is 13.0. The van der Waals surface area contributed by atoms with E-state index in [4.69, 9.17) is 9.47 Å². The number of nitrogens with zero attached hydrogens (tertiary/aromatic N) is 2. The number of hydrogen-bond donors (Lipinski definition) is 1. The number of esters is 1. The fraction of sp³-hybridized carbons (Fsp3) is 0.217. The number of nitrogens with one attached hydrogen (secondary N) is 1. The first-order chi connectivity index (χ1) is 16.0. The van der Waals surface area contributed by atoms with Crippen molar-refractivity contribution in [1.82, 2.24) is 5.01 Å². The SMILES string of the molecule is CCOC(=O)Nc1cccc(C(=O)OCC(=O)N2N=C(c3cccs3)CC2c2cccs2)c1. The molecule has 0 saturated heterocycles. The highest BCUT2D eigenvalue weighted by Crippen LogP contribution is 2.35. The molecular formula is C23H21N3O5S2. The van der Waals surface area contributed by atoms with E-state index in [1.54, 1.807) is 47.8 Å². The minimum Gasteiger partial charge on any atom is -0.452 e. The van der Waals surface area contributed by atoms with Crippen LogP contribution in [0.1, 0.15) is 39.5 Å². The standard InChI is InChI=1S/C23H21N3O5S2/c1-2-30-23(29)24-16-7-3-6-15(12-16)22(28)31-14-21(27)26-18(20-9-5-11-33-20)13-17(25-26)19-8-4-10-32-19/h3-12,18H,2,13-14H2,1H3,(H,24,29). The minimum atomic E-state index is -0.676. The number of benzene rings is 1. The summed E-state index contributed by atoms with van der Waals surface area (Å²) in [5, 5.41) is 12.4. The van der Waals surface area contributed by atoms with Gasteiger partial charge in [-0.05, 0) is 48.0 Å². The third-order valence-electron chi connectivity index (χ3n) is 4.79. The Morgan fingerprint density at radius 3 is 2.64 bits per heavy atom. The first-order valence-corrected chi connectivity index (χ1v) is 12.0. The van der Waals surface area contributed by atoms with Crippen LogP contribution in [0.3, 0.4) is 0 Å². The largest absolute Gasteiger partial charge is 0.452 e. The van der Waals surface area contributed by atoms with Crippen molar-refractivity contribution in [1.29, 1.82) is 0 Å². The number of carbonyl (C=O) groups excluding carboxylic acids is 3. The summed E-state index contributed by atoms with van der Waals surface area (Å²) in [6.45, 7) is 1.48. The average molecular weight is 484 g/mol. The van der Waals surface area contributed by atoms with Crippen molar-refractivity contribution in [3.63, 3.8) is 0 Å². The molecule has 170 valence electrons. The predicted molar refractivity (Wildman–Crippen MR) is 127 cm³/mol. The number of carbonyl (C=O) groups is 3.